The van der Waals surface area contributed by atoms with Gasteiger partial charge in [-0.2, -0.15) is 0 Å². The van der Waals surface area contributed by atoms with Crippen molar-refractivity contribution in [2.45, 2.75) is 25.8 Å². The van der Waals surface area contributed by atoms with Crippen molar-refractivity contribution in [2.75, 3.05) is 5.32 Å². The van der Waals surface area contributed by atoms with E-state index in [2.05, 4.69) is 22.2 Å². The Kier molecular flexibility index (Phi) is 1.56. The van der Waals surface area contributed by atoms with E-state index < -0.39 is 0 Å². The van der Waals surface area contributed by atoms with Crippen molar-refractivity contribution in [1.82, 2.24) is 9.97 Å². The number of imidazole rings is 1. The van der Waals surface area contributed by atoms with Crippen LogP contribution in [0.3, 0.4) is 0 Å². The summed E-state index contributed by atoms with van der Waals surface area (Å²) in [6, 6.07) is 0.593. The van der Waals surface area contributed by atoms with Crippen LogP contribution in [0.15, 0.2) is 12.5 Å². The monoisotopic (exact) mass is 151 g/mol. The molecule has 0 saturated heterocycles. The molecule has 1 unspecified atom stereocenters. The molecule has 1 aromatic rings. The predicted octanol–water partition coefficient (Wildman–Crippen LogP) is 1.62. The van der Waals surface area contributed by atoms with Crippen LogP contribution >= 0.6 is 0 Å². The van der Waals surface area contributed by atoms with E-state index in [1.807, 2.05) is 6.20 Å². The van der Waals surface area contributed by atoms with E-state index in [9.17, 15) is 0 Å². The van der Waals surface area contributed by atoms with Crippen LogP contribution < -0.4 is 5.32 Å². The maximum Gasteiger partial charge on any atom is 0.123 e. The second-order valence-electron chi connectivity index (χ2n) is 3.24. The zero-order chi connectivity index (χ0) is 7.68. The number of anilines is 1. The number of hydrogen-bond acceptors (Lipinski definition) is 2. The zero-order valence-electron chi connectivity index (χ0n) is 6.67. The molecule has 0 bridgehead atoms. The minimum Gasteiger partial charge on any atom is -0.368 e. The molecule has 11 heavy (non-hydrogen) atoms. The first-order valence-corrected chi connectivity index (χ1v) is 4.11. The highest BCUT2D eigenvalue weighted by molar-refractivity contribution is 5.32. The SMILES string of the molecule is CC(Nc1cnc[nH]1)C1CC1. The van der Waals surface area contributed by atoms with Gasteiger partial charge < -0.3 is 10.3 Å². The fraction of sp³-hybridized carbons (Fsp3) is 0.625. The Bertz CT molecular complexity index is 213. The van der Waals surface area contributed by atoms with Gasteiger partial charge in [-0.3, -0.25) is 0 Å². The summed E-state index contributed by atoms with van der Waals surface area (Å²) in [5.74, 6) is 1.92. The van der Waals surface area contributed by atoms with Crippen LogP contribution in [0.2, 0.25) is 0 Å². The Morgan fingerprint density at radius 3 is 3.09 bits per heavy atom. The molecule has 0 aromatic carbocycles. The van der Waals surface area contributed by atoms with E-state index in [1.165, 1.54) is 12.8 Å². The molecule has 1 heterocycles. The predicted molar refractivity (Wildman–Crippen MR) is 44.4 cm³/mol. The van der Waals surface area contributed by atoms with Gasteiger partial charge in [0.2, 0.25) is 0 Å². The molecule has 2 rings (SSSR count). The molecule has 3 heteroatoms. The lowest BCUT2D eigenvalue weighted by Gasteiger charge is -2.11. The van der Waals surface area contributed by atoms with Crippen LogP contribution in [-0.2, 0) is 0 Å². The van der Waals surface area contributed by atoms with Crippen LogP contribution in [0, 0.1) is 5.92 Å². The molecule has 0 amide bonds. The summed E-state index contributed by atoms with van der Waals surface area (Å²) < 4.78 is 0. The highest BCUT2D eigenvalue weighted by Gasteiger charge is 2.27. The standard InChI is InChI=1S/C8H13N3/c1-6(7-2-3-7)11-8-4-9-5-10-8/h4-7,11H,2-3H2,1H3,(H,9,10). The van der Waals surface area contributed by atoms with Crippen LogP contribution in [0.1, 0.15) is 19.8 Å². The van der Waals surface area contributed by atoms with Gasteiger partial charge in [0.05, 0.1) is 12.5 Å². The van der Waals surface area contributed by atoms with Gasteiger partial charge in [0.25, 0.3) is 0 Å². The molecule has 1 aliphatic rings. The Balaban J connectivity index is 1.89. The maximum atomic E-state index is 3.94. The van der Waals surface area contributed by atoms with Gasteiger partial charge in [0, 0.05) is 6.04 Å². The van der Waals surface area contributed by atoms with Gasteiger partial charge in [-0.25, -0.2) is 4.98 Å². The van der Waals surface area contributed by atoms with Crippen molar-refractivity contribution in [3.8, 4) is 0 Å². The lowest BCUT2D eigenvalue weighted by Crippen LogP contribution is -2.17. The lowest BCUT2D eigenvalue weighted by atomic mass is 10.2. The second-order valence-corrected chi connectivity index (χ2v) is 3.24. The van der Waals surface area contributed by atoms with Gasteiger partial charge >= 0.3 is 0 Å². The molecule has 0 radical (unpaired) electrons. The second kappa shape index (κ2) is 2.57. The van der Waals surface area contributed by atoms with Gasteiger partial charge in [0.1, 0.15) is 5.82 Å². The zero-order valence-corrected chi connectivity index (χ0v) is 6.67. The van der Waals surface area contributed by atoms with Crippen LogP contribution in [0.4, 0.5) is 5.82 Å². The Hall–Kier alpha value is -0.990. The van der Waals surface area contributed by atoms with Crippen molar-refractivity contribution in [3.05, 3.63) is 12.5 Å². The minimum atomic E-state index is 0.593. The number of aromatic nitrogens is 2. The van der Waals surface area contributed by atoms with E-state index >= 15 is 0 Å². The third-order valence-electron chi connectivity index (χ3n) is 2.21. The fourth-order valence-corrected chi connectivity index (χ4v) is 1.29. The van der Waals surface area contributed by atoms with Crippen molar-refractivity contribution < 1.29 is 0 Å². The van der Waals surface area contributed by atoms with Crippen molar-refractivity contribution >= 4 is 5.82 Å². The molecular formula is C8H13N3. The first kappa shape index (κ1) is 6.70. The fourth-order valence-electron chi connectivity index (χ4n) is 1.29. The van der Waals surface area contributed by atoms with E-state index in [-0.39, 0.29) is 0 Å². The average molecular weight is 151 g/mol. The number of nitrogens with one attached hydrogen (secondary N) is 2. The molecule has 0 spiro atoms. The number of nitrogens with zero attached hydrogens (tertiary/aromatic N) is 1. The third kappa shape index (κ3) is 1.53. The van der Waals surface area contributed by atoms with Crippen LogP contribution in [-0.4, -0.2) is 16.0 Å². The van der Waals surface area contributed by atoms with Gasteiger partial charge in [-0.1, -0.05) is 0 Å². The van der Waals surface area contributed by atoms with E-state index in [0.717, 1.165) is 11.7 Å². The molecule has 0 aliphatic heterocycles. The van der Waals surface area contributed by atoms with E-state index in [4.69, 9.17) is 0 Å². The number of rotatable bonds is 3. The highest BCUT2D eigenvalue weighted by Crippen LogP contribution is 2.33. The molecular weight excluding hydrogens is 138 g/mol. The third-order valence-corrected chi connectivity index (χ3v) is 2.21. The maximum absolute atomic E-state index is 3.94. The summed E-state index contributed by atoms with van der Waals surface area (Å²) in [4.78, 5) is 6.97. The molecule has 1 aromatic heterocycles. The lowest BCUT2D eigenvalue weighted by molar-refractivity contribution is 0.691. The van der Waals surface area contributed by atoms with E-state index in [0.29, 0.717) is 6.04 Å². The van der Waals surface area contributed by atoms with Gasteiger partial charge in [0.15, 0.2) is 0 Å². The molecule has 3 nitrogen and oxygen atoms in total. The first-order valence-electron chi connectivity index (χ1n) is 4.11. The van der Waals surface area contributed by atoms with Gasteiger partial charge in [-0.05, 0) is 25.7 Å². The minimum absolute atomic E-state index is 0.593. The summed E-state index contributed by atoms with van der Waals surface area (Å²) in [6.45, 7) is 2.22. The van der Waals surface area contributed by atoms with Gasteiger partial charge in [-0.15, -0.1) is 0 Å². The normalized spacial score (nSPS) is 19.7. The smallest absolute Gasteiger partial charge is 0.123 e. The highest BCUT2D eigenvalue weighted by atomic mass is 15.1. The Labute approximate surface area is 66.2 Å². The number of hydrogen-bond donors (Lipinski definition) is 2. The molecule has 1 fully saturated rings. The quantitative estimate of drug-likeness (QED) is 0.689. The molecule has 2 N–H and O–H groups in total. The number of aromatic amines is 1. The summed E-state index contributed by atoms with van der Waals surface area (Å²) in [6.07, 6.45) is 6.27. The van der Waals surface area contributed by atoms with Crippen molar-refractivity contribution in [2.24, 2.45) is 5.92 Å². The number of H-pyrrole nitrogens is 1. The molecule has 1 aliphatic carbocycles. The van der Waals surface area contributed by atoms with Crippen molar-refractivity contribution in [3.63, 3.8) is 0 Å². The Morgan fingerprint density at radius 2 is 2.55 bits per heavy atom. The summed E-state index contributed by atoms with van der Waals surface area (Å²) >= 11 is 0. The Morgan fingerprint density at radius 1 is 1.73 bits per heavy atom. The molecule has 1 saturated carbocycles. The topological polar surface area (TPSA) is 40.7 Å². The van der Waals surface area contributed by atoms with Crippen LogP contribution in [0.5, 0.6) is 0 Å². The summed E-state index contributed by atoms with van der Waals surface area (Å²) in [7, 11) is 0. The first-order chi connectivity index (χ1) is 5.36. The average Bonchev–Trinajstić information content (AvgIpc) is 2.73. The summed E-state index contributed by atoms with van der Waals surface area (Å²) in [5.41, 5.74) is 0. The molecule has 60 valence electrons. The molecule has 1 atom stereocenters. The largest absolute Gasteiger partial charge is 0.368 e. The summed E-state index contributed by atoms with van der Waals surface area (Å²) in [5, 5.41) is 3.37. The van der Waals surface area contributed by atoms with E-state index in [1.54, 1.807) is 6.33 Å². The van der Waals surface area contributed by atoms with Crippen LogP contribution in [0.25, 0.3) is 0 Å². The van der Waals surface area contributed by atoms with Crippen molar-refractivity contribution in [1.29, 1.82) is 0 Å².